The van der Waals surface area contributed by atoms with Gasteiger partial charge in [-0.15, -0.1) is 0 Å². The van der Waals surface area contributed by atoms with Crippen LogP contribution >= 0.6 is 0 Å². The normalized spacial score (nSPS) is 32.0. The molecule has 0 bridgehead atoms. The third kappa shape index (κ3) is 3.01. The lowest BCUT2D eigenvalue weighted by atomic mass is 9.78. The number of rotatable bonds is 2. The van der Waals surface area contributed by atoms with E-state index in [-0.39, 0.29) is 0 Å². The highest BCUT2D eigenvalue weighted by molar-refractivity contribution is 5.29. The highest BCUT2D eigenvalue weighted by atomic mass is 15.1. The maximum absolute atomic E-state index is 6.33. The van der Waals surface area contributed by atoms with Crippen LogP contribution in [0, 0.1) is 11.8 Å². The molecule has 2 aliphatic rings. The second kappa shape index (κ2) is 5.64. The van der Waals surface area contributed by atoms with Gasteiger partial charge in [0.05, 0.1) is 0 Å². The summed E-state index contributed by atoms with van der Waals surface area (Å²) in [7, 11) is 0. The molecule has 1 heterocycles. The number of nitrogens with two attached hydrogens (primary N) is 1. The highest BCUT2D eigenvalue weighted by Crippen LogP contribution is 2.29. The van der Waals surface area contributed by atoms with Crippen LogP contribution in [0.5, 0.6) is 0 Å². The molecule has 19 heavy (non-hydrogen) atoms. The van der Waals surface area contributed by atoms with Crippen molar-refractivity contribution in [2.45, 2.75) is 45.2 Å². The molecule has 0 aromatic heterocycles. The van der Waals surface area contributed by atoms with E-state index in [1.165, 1.54) is 44.3 Å². The predicted molar refractivity (Wildman–Crippen MR) is 79.9 cm³/mol. The van der Waals surface area contributed by atoms with Crippen LogP contribution in [-0.2, 0) is 13.0 Å². The molecule has 104 valence electrons. The minimum atomic E-state index is 0.424. The van der Waals surface area contributed by atoms with E-state index in [0.29, 0.717) is 12.0 Å². The summed E-state index contributed by atoms with van der Waals surface area (Å²) in [5.41, 5.74) is 9.39. The molecular formula is C17H26N2. The van der Waals surface area contributed by atoms with Gasteiger partial charge in [0, 0.05) is 25.7 Å². The van der Waals surface area contributed by atoms with Crippen LogP contribution in [-0.4, -0.2) is 24.0 Å². The van der Waals surface area contributed by atoms with Crippen LogP contribution in [0.3, 0.4) is 0 Å². The Kier molecular flexibility index (Phi) is 3.90. The van der Waals surface area contributed by atoms with Gasteiger partial charge in [-0.3, -0.25) is 4.90 Å². The Bertz CT molecular complexity index is 429. The number of hydrogen-bond donors (Lipinski definition) is 1. The molecule has 2 N–H and O–H groups in total. The van der Waals surface area contributed by atoms with Crippen LogP contribution in [0.15, 0.2) is 24.3 Å². The molecule has 3 rings (SSSR count). The van der Waals surface area contributed by atoms with Crippen molar-refractivity contribution >= 4 is 0 Å². The lowest BCUT2D eigenvalue weighted by molar-refractivity contribution is 0.151. The standard InChI is InChI=1S/C17H26N2/c1-13-6-7-17(18)16(10-13)12-19-9-8-14-4-2-3-5-15(14)11-19/h2-5,13,16-17H,6-12,18H2,1H3. The molecule has 0 spiro atoms. The van der Waals surface area contributed by atoms with Crippen LogP contribution in [0.2, 0.25) is 0 Å². The average Bonchev–Trinajstić information content (AvgIpc) is 2.43. The zero-order valence-electron chi connectivity index (χ0n) is 12.0. The smallest absolute Gasteiger partial charge is 0.0236 e. The number of benzene rings is 1. The van der Waals surface area contributed by atoms with Crippen molar-refractivity contribution in [3.63, 3.8) is 0 Å². The van der Waals surface area contributed by atoms with E-state index >= 15 is 0 Å². The molecule has 1 saturated carbocycles. The molecule has 0 saturated heterocycles. The van der Waals surface area contributed by atoms with Crippen molar-refractivity contribution in [1.29, 1.82) is 0 Å². The van der Waals surface area contributed by atoms with Crippen molar-refractivity contribution in [3.05, 3.63) is 35.4 Å². The minimum absolute atomic E-state index is 0.424. The van der Waals surface area contributed by atoms with Crippen molar-refractivity contribution in [2.24, 2.45) is 17.6 Å². The summed E-state index contributed by atoms with van der Waals surface area (Å²) < 4.78 is 0. The first-order valence-corrected chi connectivity index (χ1v) is 7.77. The maximum atomic E-state index is 6.33. The summed E-state index contributed by atoms with van der Waals surface area (Å²) in [6, 6.07) is 9.31. The molecule has 3 atom stereocenters. The monoisotopic (exact) mass is 258 g/mol. The molecule has 1 aliphatic carbocycles. The molecule has 1 aliphatic heterocycles. The number of fused-ring (bicyclic) bond motifs is 1. The van der Waals surface area contributed by atoms with Gasteiger partial charge in [-0.1, -0.05) is 31.2 Å². The Balaban J connectivity index is 1.62. The van der Waals surface area contributed by atoms with Gasteiger partial charge < -0.3 is 5.73 Å². The fraction of sp³-hybridized carbons (Fsp3) is 0.647. The molecule has 1 fully saturated rings. The largest absolute Gasteiger partial charge is 0.327 e. The third-order valence-corrected chi connectivity index (χ3v) is 5.01. The Morgan fingerprint density at radius 3 is 2.84 bits per heavy atom. The van der Waals surface area contributed by atoms with E-state index in [1.807, 2.05) is 0 Å². The third-order valence-electron chi connectivity index (χ3n) is 5.01. The van der Waals surface area contributed by atoms with Crippen molar-refractivity contribution < 1.29 is 0 Å². The molecule has 2 heteroatoms. The van der Waals surface area contributed by atoms with Crippen molar-refractivity contribution in [2.75, 3.05) is 13.1 Å². The van der Waals surface area contributed by atoms with E-state index in [4.69, 9.17) is 5.73 Å². The fourth-order valence-electron chi connectivity index (χ4n) is 3.77. The summed E-state index contributed by atoms with van der Waals surface area (Å²) >= 11 is 0. The zero-order valence-corrected chi connectivity index (χ0v) is 12.0. The highest BCUT2D eigenvalue weighted by Gasteiger charge is 2.28. The lowest BCUT2D eigenvalue weighted by Gasteiger charge is -2.38. The second-order valence-electron chi connectivity index (χ2n) is 6.60. The molecule has 1 aromatic rings. The molecular weight excluding hydrogens is 232 g/mol. The Morgan fingerprint density at radius 1 is 1.21 bits per heavy atom. The summed E-state index contributed by atoms with van der Waals surface area (Å²) in [6.45, 7) is 5.90. The average molecular weight is 258 g/mol. The van der Waals surface area contributed by atoms with Gasteiger partial charge in [-0.25, -0.2) is 0 Å². The van der Waals surface area contributed by atoms with E-state index in [2.05, 4.69) is 36.1 Å². The van der Waals surface area contributed by atoms with Gasteiger partial charge in [0.25, 0.3) is 0 Å². The maximum Gasteiger partial charge on any atom is 0.0236 e. The van der Waals surface area contributed by atoms with Crippen LogP contribution in [0.4, 0.5) is 0 Å². The Labute approximate surface area is 117 Å². The topological polar surface area (TPSA) is 29.3 Å². The van der Waals surface area contributed by atoms with Crippen LogP contribution in [0.1, 0.15) is 37.3 Å². The first-order chi connectivity index (χ1) is 9.22. The molecule has 0 amide bonds. The molecule has 3 unspecified atom stereocenters. The van der Waals surface area contributed by atoms with E-state index < -0.39 is 0 Å². The summed E-state index contributed by atoms with van der Waals surface area (Å²) in [4.78, 5) is 2.62. The van der Waals surface area contributed by atoms with Gasteiger partial charge in [0.1, 0.15) is 0 Å². The first kappa shape index (κ1) is 13.1. The van der Waals surface area contributed by atoms with Gasteiger partial charge in [0.15, 0.2) is 0 Å². The van der Waals surface area contributed by atoms with E-state index in [1.54, 1.807) is 5.56 Å². The zero-order chi connectivity index (χ0) is 13.2. The van der Waals surface area contributed by atoms with E-state index in [0.717, 1.165) is 12.5 Å². The van der Waals surface area contributed by atoms with Crippen molar-refractivity contribution in [1.82, 2.24) is 4.90 Å². The van der Waals surface area contributed by atoms with Crippen molar-refractivity contribution in [3.8, 4) is 0 Å². The van der Waals surface area contributed by atoms with Crippen LogP contribution in [0.25, 0.3) is 0 Å². The first-order valence-electron chi connectivity index (χ1n) is 7.77. The molecule has 0 radical (unpaired) electrons. The predicted octanol–water partition coefficient (Wildman–Crippen LogP) is 2.81. The molecule has 2 nitrogen and oxygen atoms in total. The Morgan fingerprint density at radius 2 is 2.00 bits per heavy atom. The number of nitrogens with zero attached hydrogens (tertiary/aromatic N) is 1. The molecule has 1 aromatic carbocycles. The lowest BCUT2D eigenvalue weighted by Crippen LogP contribution is -2.44. The van der Waals surface area contributed by atoms with E-state index in [9.17, 15) is 0 Å². The Hall–Kier alpha value is -0.860. The van der Waals surface area contributed by atoms with Gasteiger partial charge in [-0.2, -0.15) is 0 Å². The summed E-state index contributed by atoms with van der Waals surface area (Å²) in [6.07, 6.45) is 5.06. The van der Waals surface area contributed by atoms with Gasteiger partial charge in [-0.05, 0) is 48.6 Å². The SMILES string of the molecule is CC1CCC(N)C(CN2CCc3ccccc3C2)C1. The van der Waals surface area contributed by atoms with Gasteiger partial charge >= 0.3 is 0 Å². The summed E-state index contributed by atoms with van der Waals surface area (Å²) in [5.74, 6) is 1.57. The second-order valence-corrected chi connectivity index (χ2v) is 6.60. The van der Waals surface area contributed by atoms with Gasteiger partial charge in [0.2, 0.25) is 0 Å². The quantitative estimate of drug-likeness (QED) is 0.884. The number of hydrogen-bond acceptors (Lipinski definition) is 2. The summed E-state index contributed by atoms with van der Waals surface area (Å²) in [5, 5.41) is 0. The van der Waals surface area contributed by atoms with Crippen LogP contribution < -0.4 is 5.73 Å². The fourth-order valence-corrected chi connectivity index (χ4v) is 3.77. The minimum Gasteiger partial charge on any atom is -0.327 e.